The van der Waals surface area contributed by atoms with Crippen molar-refractivity contribution in [2.24, 2.45) is 0 Å². The Balaban J connectivity index is 2.01. The number of hydrogen-bond acceptors (Lipinski definition) is 4. The molecule has 2 rings (SSSR count). The van der Waals surface area contributed by atoms with Gasteiger partial charge in [0, 0.05) is 6.54 Å². The molecule has 0 aliphatic carbocycles. The maximum absolute atomic E-state index is 13.4. The molecule has 3 N–H and O–H groups in total. The van der Waals surface area contributed by atoms with Crippen LogP contribution in [0, 0.1) is 5.82 Å². The monoisotopic (exact) mass is 295 g/mol. The zero-order valence-corrected chi connectivity index (χ0v) is 11.0. The summed E-state index contributed by atoms with van der Waals surface area (Å²) >= 11 is 0. The predicted octanol–water partition coefficient (Wildman–Crippen LogP) is -0.351. The molecule has 0 radical (unpaired) electrons. The predicted molar refractivity (Wildman–Crippen MR) is 71.0 cm³/mol. The second kappa shape index (κ2) is 6.31. The molecule has 112 valence electrons. The lowest BCUT2D eigenvalue weighted by molar-refractivity contribution is -0.146. The van der Waals surface area contributed by atoms with Crippen molar-refractivity contribution >= 4 is 23.5 Å². The van der Waals surface area contributed by atoms with Crippen molar-refractivity contribution in [1.82, 2.24) is 10.2 Å². The lowest BCUT2D eigenvalue weighted by Crippen LogP contribution is -2.58. The SMILES string of the molecule is O=C1CN(CC(=O)Nc2ccccc2F)C(C(=O)O)CN1. The molecule has 0 saturated carbocycles. The molecule has 21 heavy (non-hydrogen) atoms. The molecule has 1 atom stereocenters. The van der Waals surface area contributed by atoms with Gasteiger partial charge in [-0.1, -0.05) is 12.1 Å². The van der Waals surface area contributed by atoms with Crippen LogP contribution in [0.2, 0.25) is 0 Å². The summed E-state index contributed by atoms with van der Waals surface area (Å²) in [6, 6.07) is 4.66. The minimum absolute atomic E-state index is 0.0100. The highest BCUT2D eigenvalue weighted by molar-refractivity contribution is 5.93. The quantitative estimate of drug-likeness (QED) is 0.705. The first-order chi connectivity index (χ1) is 9.97. The molecule has 1 fully saturated rings. The van der Waals surface area contributed by atoms with Crippen molar-refractivity contribution in [2.45, 2.75) is 6.04 Å². The van der Waals surface area contributed by atoms with Crippen molar-refractivity contribution < 1.29 is 23.9 Å². The topological polar surface area (TPSA) is 98.7 Å². The first-order valence-corrected chi connectivity index (χ1v) is 6.25. The highest BCUT2D eigenvalue weighted by atomic mass is 19.1. The first kappa shape index (κ1) is 14.9. The van der Waals surface area contributed by atoms with Gasteiger partial charge >= 0.3 is 5.97 Å². The van der Waals surface area contributed by atoms with Crippen molar-refractivity contribution in [3.8, 4) is 0 Å². The van der Waals surface area contributed by atoms with Crippen LogP contribution in [0.5, 0.6) is 0 Å². The number of carboxylic acid groups (broad SMARTS) is 1. The lowest BCUT2D eigenvalue weighted by atomic mass is 10.2. The number of nitrogens with one attached hydrogen (secondary N) is 2. The Labute approximate surface area is 119 Å². The number of piperazine rings is 1. The maximum atomic E-state index is 13.4. The van der Waals surface area contributed by atoms with Crippen LogP contribution >= 0.6 is 0 Å². The smallest absolute Gasteiger partial charge is 0.322 e. The second-order valence-electron chi connectivity index (χ2n) is 4.59. The number of carbonyl (C=O) groups is 3. The van der Waals surface area contributed by atoms with E-state index in [4.69, 9.17) is 5.11 Å². The molecule has 8 heteroatoms. The molecule has 1 saturated heterocycles. The van der Waals surface area contributed by atoms with Gasteiger partial charge in [-0.25, -0.2) is 4.39 Å². The standard InChI is InChI=1S/C13H14FN3O4/c14-8-3-1-2-4-9(8)16-12(19)7-17-6-11(18)15-5-10(17)13(20)21/h1-4,10H,5-7H2,(H,15,18)(H,16,19)(H,20,21). The van der Waals surface area contributed by atoms with Gasteiger partial charge in [0.15, 0.2) is 0 Å². The van der Waals surface area contributed by atoms with Crippen LogP contribution in [0.1, 0.15) is 0 Å². The minimum Gasteiger partial charge on any atom is -0.480 e. The Morgan fingerprint density at radius 2 is 2.14 bits per heavy atom. The molecule has 1 aliphatic rings. The molecule has 1 aromatic rings. The summed E-state index contributed by atoms with van der Waals surface area (Å²) in [6.45, 7) is -0.568. The number of rotatable bonds is 4. The number of aliphatic carboxylic acids is 1. The van der Waals surface area contributed by atoms with Gasteiger partial charge in [-0.3, -0.25) is 19.3 Å². The van der Waals surface area contributed by atoms with Gasteiger partial charge < -0.3 is 15.7 Å². The third kappa shape index (κ3) is 3.76. The van der Waals surface area contributed by atoms with E-state index >= 15 is 0 Å². The summed E-state index contributed by atoms with van der Waals surface area (Å²) in [5.74, 6) is -2.65. The highest BCUT2D eigenvalue weighted by Crippen LogP contribution is 2.12. The van der Waals surface area contributed by atoms with Crippen LogP contribution in [0.15, 0.2) is 24.3 Å². The summed E-state index contributed by atoms with van der Waals surface area (Å²) in [6.07, 6.45) is 0. The van der Waals surface area contributed by atoms with Gasteiger partial charge in [-0.05, 0) is 12.1 Å². The second-order valence-corrected chi connectivity index (χ2v) is 4.59. The average molecular weight is 295 g/mol. The number of carbonyl (C=O) groups excluding carboxylic acids is 2. The van der Waals surface area contributed by atoms with Gasteiger partial charge in [-0.2, -0.15) is 0 Å². The molecule has 1 heterocycles. The Hall–Kier alpha value is -2.48. The van der Waals surface area contributed by atoms with E-state index in [9.17, 15) is 18.8 Å². The van der Waals surface area contributed by atoms with Gasteiger partial charge in [0.05, 0.1) is 18.8 Å². The number of benzene rings is 1. The van der Waals surface area contributed by atoms with Gasteiger partial charge in [0.1, 0.15) is 11.9 Å². The summed E-state index contributed by atoms with van der Waals surface area (Å²) in [7, 11) is 0. The van der Waals surface area contributed by atoms with Crippen LogP contribution in [0.3, 0.4) is 0 Å². The van der Waals surface area contributed by atoms with Crippen LogP contribution in [0.25, 0.3) is 0 Å². The molecule has 1 aliphatic heterocycles. The van der Waals surface area contributed by atoms with Crippen LogP contribution in [-0.2, 0) is 14.4 Å². The fraction of sp³-hybridized carbons (Fsp3) is 0.308. The summed E-state index contributed by atoms with van der Waals surface area (Å²) in [5, 5.41) is 13.8. The summed E-state index contributed by atoms with van der Waals surface area (Å²) in [4.78, 5) is 35.5. The Kier molecular flexibility index (Phi) is 4.49. The fourth-order valence-electron chi connectivity index (χ4n) is 2.04. The summed E-state index contributed by atoms with van der Waals surface area (Å²) < 4.78 is 13.4. The number of carboxylic acids is 1. The maximum Gasteiger partial charge on any atom is 0.322 e. The molecule has 0 aromatic heterocycles. The Morgan fingerprint density at radius 3 is 2.81 bits per heavy atom. The van der Waals surface area contributed by atoms with Crippen molar-refractivity contribution in [2.75, 3.05) is 25.0 Å². The van der Waals surface area contributed by atoms with Gasteiger partial charge in [-0.15, -0.1) is 0 Å². The molecular formula is C13H14FN3O4. The van der Waals surface area contributed by atoms with Crippen LogP contribution < -0.4 is 10.6 Å². The van der Waals surface area contributed by atoms with Crippen LogP contribution in [0.4, 0.5) is 10.1 Å². The molecule has 1 aromatic carbocycles. The number of nitrogens with zero attached hydrogens (tertiary/aromatic N) is 1. The van der Waals surface area contributed by atoms with E-state index < -0.39 is 23.7 Å². The lowest BCUT2D eigenvalue weighted by Gasteiger charge is -2.31. The molecule has 0 spiro atoms. The van der Waals surface area contributed by atoms with Crippen LogP contribution in [-0.4, -0.2) is 53.5 Å². The minimum atomic E-state index is -1.13. The molecular weight excluding hydrogens is 281 g/mol. The third-order valence-electron chi connectivity index (χ3n) is 3.06. The van der Waals surface area contributed by atoms with E-state index in [-0.39, 0.29) is 31.2 Å². The van der Waals surface area contributed by atoms with Gasteiger partial charge in [0.2, 0.25) is 11.8 Å². The van der Waals surface area contributed by atoms with E-state index in [2.05, 4.69) is 10.6 Å². The van der Waals surface area contributed by atoms with Crippen molar-refractivity contribution in [1.29, 1.82) is 0 Å². The number of anilines is 1. The normalized spacial score (nSPS) is 18.9. The van der Waals surface area contributed by atoms with E-state index in [1.807, 2.05) is 0 Å². The zero-order valence-electron chi connectivity index (χ0n) is 11.0. The van der Waals surface area contributed by atoms with Gasteiger partial charge in [0.25, 0.3) is 0 Å². The number of para-hydroxylation sites is 1. The number of amides is 2. The van der Waals surface area contributed by atoms with E-state index in [0.717, 1.165) is 0 Å². The van der Waals surface area contributed by atoms with E-state index in [1.165, 1.54) is 23.1 Å². The summed E-state index contributed by atoms with van der Waals surface area (Å²) in [5.41, 5.74) is 0.0100. The van der Waals surface area contributed by atoms with E-state index in [0.29, 0.717) is 0 Å². The van der Waals surface area contributed by atoms with Crippen molar-refractivity contribution in [3.63, 3.8) is 0 Å². The fourth-order valence-corrected chi connectivity index (χ4v) is 2.04. The largest absolute Gasteiger partial charge is 0.480 e. The molecule has 7 nitrogen and oxygen atoms in total. The number of halogens is 1. The molecule has 2 amide bonds. The number of hydrogen-bond donors (Lipinski definition) is 3. The molecule has 1 unspecified atom stereocenters. The molecule has 0 bridgehead atoms. The van der Waals surface area contributed by atoms with Crippen molar-refractivity contribution in [3.05, 3.63) is 30.1 Å². The highest BCUT2D eigenvalue weighted by Gasteiger charge is 2.33. The third-order valence-corrected chi connectivity index (χ3v) is 3.06. The Bertz CT molecular complexity index is 578. The van der Waals surface area contributed by atoms with E-state index in [1.54, 1.807) is 6.07 Å². The zero-order chi connectivity index (χ0) is 15.4. The average Bonchev–Trinajstić information content (AvgIpc) is 2.41. The first-order valence-electron chi connectivity index (χ1n) is 6.25. The Morgan fingerprint density at radius 1 is 1.43 bits per heavy atom.